The average Bonchev–Trinajstić information content (AvgIpc) is 2.65. The van der Waals surface area contributed by atoms with E-state index >= 15 is 0 Å². The van der Waals surface area contributed by atoms with Gasteiger partial charge in [0.05, 0.1) is 0 Å². The second kappa shape index (κ2) is 6.14. The van der Waals surface area contributed by atoms with Gasteiger partial charge in [-0.1, -0.05) is 26.2 Å². The number of unbranched alkanes of at least 4 members (excludes halogenated alkanes) is 1. The van der Waals surface area contributed by atoms with Crippen LogP contribution in [0.3, 0.4) is 0 Å². The molecule has 2 heteroatoms. The first-order chi connectivity index (χ1) is 6.34. The number of ether oxygens (including phenoxy) is 1. The predicted molar refractivity (Wildman–Crippen MR) is 52.7 cm³/mol. The Morgan fingerprint density at radius 2 is 2.08 bits per heavy atom. The van der Waals surface area contributed by atoms with Crippen LogP contribution in [-0.2, 0) is 9.53 Å². The highest BCUT2D eigenvalue weighted by atomic mass is 16.5. The molecule has 1 fully saturated rings. The minimum atomic E-state index is 0.321. The quantitative estimate of drug-likeness (QED) is 0.593. The van der Waals surface area contributed by atoms with Crippen LogP contribution in [0.5, 0.6) is 0 Å². The molecule has 0 atom stereocenters. The number of rotatable bonds is 6. The minimum absolute atomic E-state index is 0.321. The number of carbonyl (C=O) groups is 1. The highest BCUT2D eigenvalue weighted by Gasteiger charge is 2.21. The SMILES string of the molecule is CCCCOCC(=O)C1CCCC1. The van der Waals surface area contributed by atoms with E-state index in [4.69, 9.17) is 4.74 Å². The van der Waals surface area contributed by atoms with Crippen molar-refractivity contribution < 1.29 is 9.53 Å². The molecule has 0 aliphatic heterocycles. The highest BCUT2D eigenvalue weighted by molar-refractivity contribution is 5.82. The molecule has 0 spiro atoms. The van der Waals surface area contributed by atoms with Crippen LogP contribution in [0.1, 0.15) is 45.4 Å². The number of Topliss-reactive ketones (excluding diaryl/α,β-unsaturated/α-hetero) is 1. The van der Waals surface area contributed by atoms with Gasteiger partial charge in [-0.3, -0.25) is 4.79 Å². The molecule has 0 N–H and O–H groups in total. The molecule has 2 nitrogen and oxygen atoms in total. The van der Waals surface area contributed by atoms with Crippen molar-refractivity contribution in [2.45, 2.75) is 45.4 Å². The molecule has 0 aromatic rings. The normalized spacial score (nSPS) is 17.9. The fourth-order valence-corrected chi connectivity index (χ4v) is 1.78. The number of hydrogen-bond acceptors (Lipinski definition) is 2. The van der Waals surface area contributed by atoms with E-state index in [2.05, 4.69) is 6.92 Å². The zero-order chi connectivity index (χ0) is 9.52. The molecule has 0 saturated heterocycles. The minimum Gasteiger partial charge on any atom is -0.374 e. The van der Waals surface area contributed by atoms with Gasteiger partial charge in [0.1, 0.15) is 6.61 Å². The lowest BCUT2D eigenvalue weighted by Crippen LogP contribution is -2.17. The fraction of sp³-hybridized carbons (Fsp3) is 0.909. The standard InChI is InChI=1S/C11H20O2/c1-2-3-8-13-9-11(12)10-6-4-5-7-10/h10H,2-9H2,1H3. The Morgan fingerprint density at radius 3 is 2.69 bits per heavy atom. The molecule has 1 aliphatic carbocycles. The van der Waals surface area contributed by atoms with Crippen LogP contribution in [0.2, 0.25) is 0 Å². The summed E-state index contributed by atoms with van der Waals surface area (Å²) in [6.07, 6.45) is 6.85. The summed E-state index contributed by atoms with van der Waals surface area (Å²) < 4.78 is 5.30. The van der Waals surface area contributed by atoms with Gasteiger partial charge >= 0.3 is 0 Å². The third-order valence-corrected chi connectivity index (χ3v) is 2.70. The van der Waals surface area contributed by atoms with E-state index in [0.29, 0.717) is 18.3 Å². The summed E-state index contributed by atoms with van der Waals surface area (Å²) in [6.45, 7) is 3.22. The van der Waals surface area contributed by atoms with Crippen LogP contribution in [0.4, 0.5) is 0 Å². The lowest BCUT2D eigenvalue weighted by atomic mass is 10.0. The van der Waals surface area contributed by atoms with Crippen LogP contribution < -0.4 is 0 Å². The number of ketones is 1. The Labute approximate surface area is 80.7 Å². The molecule has 0 aromatic heterocycles. The summed E-state index contributed by atoms with van der Waals surface area (Å²) in [7, 11) is 0. The van der Waals surface area contributed by atoms with Gasteiger partial charge in [0.2, 0.25) is 0 Å². The monoisotopic (exact) mass is 184 g/mol. The van der Waals surface area contributed by atoms with Crippen molar-refractivity contribution in [2.75, 3.05) is 13.2 Å². The summed E-state index contributed by atoms with van der Waals surface area (Å²) in [5.41, 5.74) is 0. The van der Waals surface area contributed by atoms with Crippen LogP contribution >= 0.6 is 0 Å². The third-order valence-electron chi connectivity index (χ3n) is 2.70. The first-order valence-corrected chi connectivity index (χ1v) is 5.45. The maximum atomic E-state index is 11.5. The Balaban J connectivity index is 2.03. The topological polar surface area (TPSA) is 26.3 Å². The third kappa shape index (κ3) is 3.90. The zero-order valence-electron chi connectivity index (χ0n) is 8.55. The molecule has 0 aromatic carbocycles. The summed E-state index contributed by atoms with van der Waals surface area (Å²) in [5.74, 6) is 0.648. The Morgan fingerprint density at radius 1 is 1.38 bits per heavy atom. The van der Waals surface area contributed by atoms with E-state index < -0.39 is 0 Å². The molecular weight excluding hydrogens is 164 g/mol. The first kappa shape index (κ1) is 10.7. The Bertz CT molecular complexity index is 148. The molecule has 0 amide bonds. The lowest BCUT2D eigenvalue weighted by molar-refractivity contribution is -0.127. The molecule has 0 heterocycles. The van der Waals surface area contributed by atoms with E-state index in [1.807, 2.05) is 0 Å². The largest absolute Gasteiger partial charge is 0.374 e. The van der Waals surface area contributed by atoms with Gasteiger partial charge in [0.15, 0.2) is 5.78 Å². The first-order valence-electron chi connectivity index (χ1n) is 5.45. The van der Waals surface area contributed by atoms with Crippen LogP contribution in [0.15, 0.2) is 0 Å². The molecule has 1 aliphatic rings. The van der Waals surface area contributed by atoms with Gasteiger partial charge in [-0.2, -0.15) is 0 Å². The van der Waals surface area contributed by atoms with Crippen LogP contribution in [0, 0.1) is 5.92 Å². The van der Waals surface area contributed by atoms with E-state index in [9.17, 15) is 4.79 Å². The summed E-state index contributed by atoms with van der Waals surface area (Å²) in [6, 6.07) is 0. The predicted octanol–water partition coefficient (Wildman–Crippen LogP) is 2.56. The number of hydrogen-bond donors (Lipinski definition) is 0. The van der Waals surface area contributed by atoms with E-state index in [-0.39, 0.29) is 0 Å². The Hall–Kier alpha value is -0.370. The second-order valence-electron chi connectivity index (χ2n) is 3.85. The molecule has 1 rings (SSSR count). The van der Waals surface area contributed by atoms with Gasteiger partial charge in [-0.05, 0) is 19.3 Å². The van der Waals surface area contributed by atoms with Crippen molar-refractivity contribution in [1.82, 2.24) is 0 Å². The fourth-order valence-electron chi connectivity index (χ4n) is 1.78. The van der Waals surface area contributed by atoms with Crippen LogP contribution in [-0.4, -0.2) is 19.0 Å². The van der Waals surface area contributed by atoms with Crippen molar-refractivity contribution in [3.63, 3.8) is 0 Å². The van der Waals surface area contributed by atoms with Gasteiger partial charge in [-0.25, -0.2) is 0 Å². The smallest absolute Gasteiger partial charge is 0.161 e. The molecular formula is C11H20O2. The molecule has 0 radical (unpaired) electrons. The van der Waals surface area contributed by atoms with E-state index in [1.165, 1.54) is 12.8 Å². The molecule has 0 unspecified atom stereocenters. The number of carbonyl (C=O) groups excluding carboxylic acids is 1. The molecule has 13 heavy (non-hydrogen) atoms. The summed E-state index contributed by atoms with van der Waals surface area (Å²) in [5, 5.41) is 0. The summed E-state index contributed by atoms with van der Waals surface area (Å²) >= 11 is 0. The van der Waals surface area contributed by atoms with E-state index in [0.717, 1.165) is 32.3 Å². The Kier molecular flexibility index (Phi) is 5.06. The summed E-state index contributed by atoms with van der Waals surface area (Å²) in [4.78, 5) is 11.5. The molecule has 0 bridgehead atoms. The highest BCUT2D eigenvalue weighted by Crippen LogP contribution is 2.25. The lowest BCUT2D eigenvalue weighted by Gasteiger charge is -2.07. The van der Waals surface area contributed by atoms with Gasteiger partial charge in [0, 0.05) is 12.5 Å². The van der Waals surface area contributed by atoms with Crippen molar-refractivity contribution in [3.05, 3.63) is 0 Å². The zero-order valence-corrected chi connectivity index (χ0v) is 8.55. The maximum absolute atomic E-state index is 11.5. The second-order valence-corrected chi connectivity index (χ2v) is 3.85. The van der Waals surface area contributed by atoms with Gasteiger partial charge in [-0.15, -0.1) is 0 Å². The average molecular weight is 184 g/mol. The molecule has 76 valence electrons. The van der Waals surface area contributed by atoms with Crippen molar-refractivity contribution in [2.24, 2.45) is 5.92 Å². The van der Waals surface area contributed by atoms with Crippen molar-refractivity contribution >= 4 is 5.78 Å². The van der Waals surface area contributed by atoms with Gasteiger partial charge < -0.3 is 4.74 Å². The maximum Gasteiger partial charge on any atom is 0.161 e. The van der Waals surface area contributed by atoms with Crippen LogP contribution in [0.25, 0.3) is 0 Å². The van der Waals surface area contributed by atoms with Crippen molar-refractivity contribution in [3.8, 4) is 0 Å². The van der Waals surface area contributed by atoms with Gasteiger partial charge in [0.25, 0.3) is 0 Å². The van der Waals surface area contributed by atoms with E-state index in [1.54, 1.807) is 0 Å². The molecule has 1 saturated carbocycles. The van der Waals surface area contributed by atoms with Crippen molar-refractivity contribution in [1.29, 1.82) is 0 Å².